The van der Waals surface area contributed by atoms with E-state index >= 15 is 0 Å². The van der Waals surface area contributed by atoms with E-state index in [0.29, 0.717) is 10.5 Å². The van der Waals surface area contributed by atoms with E-state index < -0.39 is 17.2 Å². The number of phenolic OH excluding ortho intramolecular Hbond substituents is 3. The van der Waals surface area contributed by atoms with Gasteiger partial charge in [0.1, 0.15) is 0 Å². The zero-order valence-corrected chi connectivity index (χ0v) is 12.0. The Kier molecular flexibility index (Phi) is 4.49. The highest BCUT2D eigenvalue weighted by Crippen LogP contribution is 2.36. The number of hydrogen-bond donors (Lipinski definition) is 3. The van der Waals surface area contributed by atoms with Crippen molar-refractivity contribution in [2.45, 2.75) is 11.8 Å². The van der Waals surface area contributed by atoms with Crippen LogP contribution in [0.4, 0.5) is 0 Å². The maximum atomic E-state index is 11.5. The highest BCUT2D eigenvalue weighted by atomic mass is 32.2. The van der Waals surface area contributed by atoms with Crippen LogP contribution in [0.5, 0.6) is 17.2 Å². The van der Waals surface area contributed by atoms with Crippen LogP contribution in [-0.2, 0) is 0 Å². The molecule has 0 aliphatic rings. The molecule has 0 aliphatic carbocycles. The third-order valence-electron chi connectivity index (χ3n) is 2.77. The van der Waals surface area contributed by atoms with Crippen LogP contribution in [0.3, 0.4) is 0 Å². The summed E-state index contributed by atoms with van der Waals surface area (Å²) in [4.78, 5) is 12.2. The third-order valence-corrected chi connectivity index (χ3v) is 3.53. The predicted octanol–water partition coefficient (Wildman–Crippen LogP) is 3.13. The molecule has 2 aromatic rings. The number of Topliss-reactive ketones (excluding diaryl/α,β-unsaturated/α-hetero) is 1. The molecule has 108 valence electrons. The van der Waals surface area contributed by atoms with Gasteiger partial charge in [-0.15, -0.1) is 0 Å². The molecule has 0 saturated heterocycles. The van der Waals surface area contributed by atoms with Gasteiger partial charge < -0.3 is 15.3 Å². The Morgan fingerprint density at radius 2 is 1.81 bits per heavy atom. The number of hydrogen-bond acceptors (Lipinski definition) is 6. The van der Waals surface area contributed by atoms with Crippen LogP contribution < -0.4 is 0 Å². The lowest BCUT2D eigenvalue weighted by Crippen LogP contribution is -1.93. The molecule has 2 rings (SSSR count). The van der Waals surface area contributed by atoms with Gasteiger partial charge in [0.2, 0.25) is 5.75 Å². The van der Waals surface area contributed by atoms with Gasteiger partial charge in [-0.1, -0.05) is 18.2 Å². The molecule has 0 radical (unpaired) electrons. The van der Waals surface area contributed by atoms with Gasteiger partial charge >= 0.3 is 0 Å². The monoisotopic (exact) mass is 303 g/mol. The molecule has 0 fully saturated rings. The quantitative estimate of drug-likeness (QED) is 0.349. The summed E-state index contributed by atoms with van der Waals surface area (Å²) < 4.78 is 4.07. The summed E-state index contributed by atoms with van der Waals surface area (Å²) in [5.74, 6) is -1.50. The fraction of sp³-hybridized carbons (Fsp3) is 0.0667. The Morgan fingerprint density at radius 3 is 2.52 bits per heavy atom. The first kappa shape index (κ1) is 14.9. The summed E-state index contributed by atoms with van der Waals surface area (Å²) in [5, 5.41) is 28.3. The molecular formula is C15H13NO4S. The Balaban J connectivity index is 2.21. The highest BCUT2D eigenvalue weighted by molar-refractivity contribution is 7.98. The number of carbonyl (C=O) groups is 1. The maximum Gasteiger partial charge on any atom is 0.200 e. The van der Waals surface area contributed by atoms with Gasteiger partial charge in [0, 0.05) is 34.2 Å². The number of aromatic hydroxyl groups is 3. The van der Waals surface area contributed by atoms with E-state index in [2.05, 4.69) is 4.40 Å². The van der Waals surface area contributed by atoms with E-state index in [4.69, 9.17) is 0 Å². The summed E-state index contributed by atoms with van der Waals surface area (Å²) in [6, 6.07) is 9.73. The van der Waals surface area contributed by atoms with Crippen molar-refractivity contribution in [3.8, 4) is 17.2 Å². The molecule has 0 heterocycles. The van der Waals surface area contributed by atoms with E-state index in [9.17, 15) is 20.1 Å². The standard InChI is InChI=1S/C15H13NO4S/c1-9(17)11-4-2-3-5-13(11)21-16-8-10-6-7-12(18)15(20)14(10)19/h2-8,18-20H,1H3. The molecule has 5 nitrogen and oxygen atoms in total. The van der Waals surface area contributed by atoms with E-state index in [1.54, 1.807) is 24.3 Å². The molecule has 3 N–H and O–H groups in total. The Hall–Kier alpha value is -2.47. The first-order chi connectivity index (χ1) is 10.0. The van der Waals surface area contributed by atoms with Gasteiger partial charge in [0.15, 0.2) is 17.3 Å². The molecule has 0 spiro atoms. The summed E-state index contributed by atoms with van der Waals surface area (Å²) in [6.07, 6.45) is 1.34. The van der Waals surface area contributed by atoms with E-state index in [1.165, 1.54) is 25.3 Å². The van der Waals surface area contributed by atoms with Gasteiger partial charge in [0.25, 0.3) is 0 Å². The van der Waals surface area contributed by atoms with Crippen molar-refractivity contribution in [1.29, 1.82) is 0 Å². The lowest BCUT2D eigenvalue weighted by Gasteiger charge is -2.04. The minimum absolute atomic E-state index is 0.0570. The highest BCUT2D eigenvalue weighted by Gasteiger charge is 2.10. The molecule has 21 heavy (non-hydrogen) atoms. The second-order valence-corrected chi connectivity index (χ2v) is 5.08. The number of benzene rings is 2. The summed E-state index contributed by atoms with van der Waals surface area (Å²) >= 11 is 1.08. The molecule has 0 aliphatic heterocycles. The van der Waals surface area contributed by atoms with E-state index in [1.807, 2.05) is 0 Å². The van der Waals surface area contributed by atoms with Crippen LogP contribution in [-0.4, -0.2) is 27.3 Å². The van der Waals surface area contributed by atoms with Crippen LogP contribution >= 0.6 is 11.9 Å². The van der Waals surface area contributed by atoms with Crippen LogP contribution in [0.2, 0.25) is 0 Å². The predicted molar refractivity (Wildman–Crippen MR) is 81.3 cm³/mol. The topological polar surface area (TPSA) is 90.1 Å². The molecule has 0 atom stereocenters. The SMILES string of the molecule is CC(=O)c1ccccc1SN=Cc1ccc(O)c(O)c1O. The van der Waals surface area contributed by atoms with Crippen molar-refractivity contribution in [1.82, 2.24) is 0 Å². The molecule has 0 saturated carbocycles. The average molecular weight is 303 g/mol. The van der Waals surface area contributed by atoms with E-state index in [0.717, 1.165) is 11.9 Å². The Morgan fingerprint density at radius 1 is 1.10 bits per heavy atom. The zero-order chi connectivity index (χ0) is 15.4. The van der Waals surface area contributed by atoms with Gasteiger partial charge in [-0.05, 0) is 25.1 Å². The minimum atomic E-state index is -0.590. The third kappa shape index (κ3) is 3.35. The minimum Gasteiger partial charge on any atom is -0.504 e. The van der Waals surface area contributed by atoms with Crippen LogP contribution in [0, 0.1) is 0 Å². The first-order valence-electron chi connectivity index (χ1n) is 6.05. The molecule has 6 heteroatoms. The van der Waals surface area contributed by atoms with Crippen molar-refractivity contribution in [2.75, 3.05) is 0 Å². The number of phenols is 3. The number of ketones is 1. The number of rotatable bonds is 4. The van der Waals surface area contributed by atoms with Gasteiger partial charge in [0.05, 0.1) is 0 Å². The van der Waals surface area contributed by atoms with Gasteiger partial charge in [-0.3, -0.25) is 4.79 Å². The average Bonchev–Trinajstić information content (AvgIpc) is 2.47. The Bertz CT molecular complexity index is 713. The van der Waals surface area contributed by atoms with Gasteiger partial charge in [-0.25, -0.2) is 4.40 Å². The van der Waals surface area contributed by atoms with Crippen LogP contribution in [0.15, 0.2) is 45.7 Å². The van der Waals surface area contributed by atoms with Crippen molar-refractivity contribution in [2.24, 2.45) is 4.40 Å². The van der Waals surface area contributed by atoms with Crippen molar-refractivity contribution in [3.63, 3.8) is 0 Å². The molecule has 0 aromatic heterocycles. The summed E-state index contributed by atoms with van der Waals surface area (Å²) in [5.41, 5.74) is 0.829. The second-order valence-electron chi connectivity index (χ2n) is 4.25. The second kappa shape index (κ2) is 6.32. The lowest BCUT2D eigenvalue weighted by atomic mass is 10.1. The normalized spacial score (nSPS) is 10.9. The zero-order valence-electron chi connectivity index (χ0n) is 11.1. The van der Waals surface area contributed by atoms with E-state index in [-0.39, 0.29) is 11.3 Å². The molecule has 0 unspecified atom stereocenters. The maximum absolute atomic E-state index is 11.5. The summed E-state index contributed by atoms with van der Waals surface area (Å²) in [6.45, 7) is 1.48. The Labute approximate surface area is 125 Å². The van der Waals surface area contributed by atoms with Crippen LogP contribution in [0.25, 0.3) is 0 Å². The fourth-order valence-corrected chi connectivity index (χ4v) is 2.40. The fourth-order valence-electron chi connectivity index (χ4n) is 1.67. The van der Waals surface area contributed by atoms with Crippen molar-refractivity contribution < 1.29 is 20.1 Å². The largest absolute Gasteiger partial charge is 0.504 e. The summed E-state index contributed by atoms with van der Waals surface area (Å²) in [7, 11) is 0. The molecule has 0 amide bonds. The molecular weight excluding hydrogens is 290 g/mol. The number of carbonyl (C=O) groups excluding carboxylic acids is 1. The van der Waals surface area contributed by atoms with Crippen molar-refractivity contribution >= 4 is 23.9 Å². The molecule has 2 aromatic carbocycles. The van der Waals surface area contributed by atoms with Crippen LogP contribution in [0.1, 0.15) is 22.8 Å². The first-order valence-corrected chi connectivity index (χ1v) is 6.82. The number of nitrogens with zero attached hydrogens (tertiary/aromatic N) is 1. The van der Waals surface area contributed by atoms with Gasteiger partial charge in [-0.2, -0.15) is 0 Å². The lowest BCUT2D eigenvalue weighted by molar-refractivity contribution is 0.101. The molecule has 0 bridgehead atoms. The van der Waals surface area contributed by atoms with Crippen molar-refractivity contribution in [3.05, 3.63) is 47.5 Å². The smallest absolute Gasteiger partial charge is 0.200 e.